The summed E-state index contributed by atoms with van der Waals surface area (Å²) < 4.78 is 66.8. The lowest BCUT2D eigenvalue weighted by Gasteiger charge is -2.23. The molecular formula is C41H42BF7N3O12-. The Morgan fingerprint density at radius 1 is 0.562 bits per heavy atom. The monoisotopic (exact) mass is 909 g/mol. The molecule has 2 heterocycles. The minimum atomic E-state index is -3.67. The molecule has 3 N–H and O–H groups in total. The Morgan fingerprint density at radius 3 is 1.11 bits per heavy atom. The van der Waals surface area contributed by atoms with Gasteiger partial charge in [-0.15, -0.1) is 5.06 Å². The standard InChI is InChI=1S/C11H8FNO4.C11H16NO.C8H7FO.C7H5FO2.C4H5NO3.BF3.FH.H2O/c12-8-3-1-7(2-4-8)11(16)17-13-9(14)5-6-10(13)15;1-9(13)10-5-7-11(8-6-10)12(2,3)4;1-6(10)7-2-4-8(9)5-3-7;8-6-3-1-5(2-4-6)7(9)10;6-3-1-2-4(7)5(3)8;2-1(3)4;;/h1-4H,5-6H2;5-8H,1-4H3;2-5H,1H3;1-4H,(H,9,10);8H,1-2H2;;1H;1H2/q;+1;;;;;;/p-2/i12-1;;9-1;8-1;;;;. The SMILES string of the molecule is CC(=O)c1ccc([18F])cc1.CC(=O)c1ccc([N+](C)(C)C)cc1.FB(F)F.O=C(O)c1ccc([18F])cc1.O=C(ON1C(=O)CCC1=O)c1ccc([18F])cc1.O=C1CCC(=O)N1O.[F-].[OH-]. The second kappa shape index (κ2) is 28.5. The van der Waals surface area contributed by atoms with Crippen LogP contribution in [0.3, 0.4) is 0 Å². The van der Waals surface area contributed by atoms with Crippen molar-refractivity contribution in [3.8, 4) is 0 Å². The van der Waals surface area contributed by atoms with Crippen LogP contribution in [0.5, 0.6) is 0 Å². The third-order valence-corrected chi connectivity index (χ3v) is 7.68. The summed E-state index contributed by atoms with van der Waals surface area (Å²) in [6.07, 6.45) is 0.371. The Morgan fingerprint density at radius 2 is 0.844 bits per heavy atom. The lowest BCUT2D eigenvalue weighted by Crippen LogP contribution is -3.00. The zero-order valence-corrected chi connectivity index (χ0v) is 34.6. The Bertz CT molecular complexity index is 2090. The number of Topliss-reactive ketones (excluding diaryl/α,β-unsaturated/α-hetero) is 2. The summed E-state index contributed by atoms with van der Waals surface area (Å²) in [7, 11) is 2.63. The summed E-state index contributed by atoms with van der Waals surface area (Å²) in [5.41, 5.74) is 2.68. The van der Waals surface area contributed by atoms with E-state index in [0.29, 0.717) is 10.6 Å². The van der Waals surface area contributed by atoms with Crippen LogP contribution in [0.15, 0.2) is 97.1 Å². The molecule has 2 aliphatic heterocycles. The molecule has 0 bridgehead atoms. The number of nitrogens with zero attached hydrogens (tertiary/aromatic N) is 3. The van der Waals surface area contributed by atoms with Crippen molar-refractivity contribution >= 4 is 60.4 Å². The molecule has 0 aliphatic carbocycles. The van der Waals surface area contributed by atoms with Crippen LogP contribution < -0.4 is 9.19 Å². The van der Waals surface area contributed by atoms with Crippen molar-refractivity contribution < 1.29 is 89.8 Å². The van der Waals surface area contributed by atoms with Crippen LogP contribution in [0.1, 0.15) is 81.0 Å². The summed E-state index contributed by atoms with van der Waals surface area (Å²) >= 11 is 0. The Kier molecular flexibility index (Phi) is 26.3. The fourth-order valence-corrected chi connectivity index (χ4v) is 4.36. The first-order valence-corrected chi connectivity index (χ1v) is 17.8. The van der Waals surface area contributed by atoms with Crippen molar-refractivity contribution in [2.24, 2.45) is 0 Å². The third kappa shape index (κ3) is 22.1. The first kappa shape index (κ1) is 59.0. The van der Waals surface area contributed by atoms with E-state index in [-0.39, 0.29) is 69.4 Å². The number of quaternary nitrogens is 1. The normalized spacial score (nSPS) is 12.2. The van der Waals surface area contributed by atoms with Gasteiger partial charge in [0, 0.05) is 36.8 Å². The maximum absolute atomic E-state index is 12.6. The minimum Gasteiger partial charge on any atom is -1.00 e. The zero-order valence-electron chi connectivity index (χ0n) is 34.6. The maximum atomic E-state index is 12.6. The average Bonchev–Trinajstić information content (AvgIpc) is 3.68. The summed E-state index contributed by atoms with van der Waals surface area (Å²) in [6, 6.07) is 22.5. The lowest BCUT2D eigenvalue weighted by molar-refractivity contribution is -0.173. The number of carbonyl (C=O) groups is 8. The molecule has 0 radical (unpaired) electrons. The van der Waals surface area contributed by atoms with E-state index in [1.807, 2.05) is 24.3 Å². The molecular weight excluding hydrogens is 867 g/mol. The van der Waals surface area contributed by atoms with Crippen molar-refractivity contribution in [1.29, 1.82) is 0 Å². The molecule has 4 amide bonds. The lowest BCUT2D eigenvalue weighted by atomic mass is 10.1. The molecule has 23 heteroatoms. The van der Waals surface area contributed by atoms with E-state index in [2.05, 4.69) is 26.0 Å². The smallest absolute Gasteiger partial charge is 0.762 e. The number of aromatic carboxylic acids is 1. The number of benzene rings is 4. The molecule has 2 fully saturated rings. The first-order chi connectivity index (χ1) is 28.8. The first-order valence-electron chi connectivity index (χ1n) is 17.8. The average molecular weight is 910 g/mol. The van der Waals surface area contributed by atoms with Crippen LogP contribution in [0.4, 0.5) is 31.8 Å². The van der Waals surface area contributed by atoms with E-state index in [9.17, 15) is 64.5 Å². The highest BCUT2D eigenvalue weighted by molar-refractivity contribution is 6.33. The number of amides is 4. The van der Waals surface area contributed by atoms with Gasteiger partial charge in [0.25, 0.3) is 23.6 Å². The molecule has 346 valence electrons. The molecule has 6 rings (SSSR count). The molecule has 4 aromatic carbocycles. The highest BCUT2D eigenvalue weighted by atomic mass is 19.4. The minimum absolute atomic E-state index is 0. The van der Waals surface area contributed by atoms with Crippen LogP contribution >= 0.6 is 0 Å². The second-order valence-electron chi connectivity index (χ2n) is 13.3. The van der Waals surface area contributed by atoms with Gasteiger partial charge in [-0.2, -0.15) is 5.06 Å². The number of hydroxylamine groups is 4. The van der Waals surface area contributed by atoms with E-state index in [0.717, 1.165) is 34.3 Å². The van der Waals surface area contributed by atoms with Crippen molar-refractivity contribution in [3.63, 3.8) is 0 Å². The molecule has 0 aromatic heterocycles. The zero-order chi connectivity index (χ0) is 47.3. The van der Waals surface area contributed by atoms with E-state index >= 15 is 0 Å². The van der Waals surface area contributed by atoms with Crippen LogP contribution in [0.2, 0.25) is 0 Å². The molecule has 0 unspecified atom stereocenters. The number of hydrogen-bond donors (Lipinski definition) is 2. The number of hydrogen-bond acceptors (Lipinski definition) is 11. The number of carbonyl (C=O) groups excluding carboxylic acids is 7. The largest absolute Gasteiger partial charge is 1.00 e. The number of carboxylic acids is 1. The highest BCUT2D eigenvalue weighted by Crippen LogP contribution is 2.17. The van der Waals surface area contributed by atoms with Crippen LogP contribution in [0.25, 0.3) is 0 Å². The second-order valence-corrected chi connectivity index (χ2v) is 13.3. The van der Waals surface area contributed by atoms with Gasteiger partial charge in [0.05, 0.1) is 32.3 Å². The highest BCUT2D eigenvalue weighted by Gasteiger charge is 2.33. The van der Waals surface area contributed by atoms with E-state index in [1.54, 1.807) is 6.92 Å². The Balaban J connectivity index is 0. The topological polar surface area (TPSA) is 223 Å². The predicted molar refractivity (Wildman–Crippen MR) is 213 cm³/mol. The van der Waals surface area contributed by atoms with Gasteiger partial charge >= 0.3 is 19.5 Å². The van der Waals surface area contributed by atoms with Crippen molar-refractivity contribution in [1.82, 2.24) is 14.6 Å². The molecule has 4 aromatic rings. The van der Waals surface area contributed by atoms with Gasteiger partial charge in [-0.05, 0) is 111 Å². The van der Waals surface area contributed by atoms with Gasteiger partial charge in [-0.3, -0.25) is 51.4 Å². The summed E-state index contributed by atoms with van der Waals surface area (Å²) in [6.45, 7) is 3.04. The number of halogens is 7. The van der Waals surface area contributed by atoms with Crippen molar-refractivity contribution in [2.45, 2.75) is 39.5 Å². The molecule has 0 spiro atoms. The summed E-state index contributed by atoms with van der Waals surface area (Å²) in [5.74, 6) is -5.17. The molecule has 2 saturated heterocycles. The van der Waals surface area contributed by atoms with Gasteiger partial charge in [-0.1, -0.05) is 0 Å². The number of rotatable bonds is 6. The summed E-state index contributed by atoms with van der Waals surface area (Å²) in [5, 5.41) is 17.4. The van der Waals surface area contributed by atoms with Gasteiger partial charge in [0.2, 0.25) is 0 Å². The fourth-order valence-electron chi connectivity index (χ4n) is 4.36. The van der Waals surface area contributed by atoms with Gasteiger partial charge in [-0.25, -0.2) is 22.8 Å². The fraction of sp³-hybridized carbons (Fsp3) is 0.220. The maximum Gasteiger partial charge on any atom is 0.762 e. The molecule has 0 atom stereocenters. The van der Waals surface area contributed by atoms with Crippen LogP contribution in [-0.4, -0.2) is 102 Å². The van der Waals surface area contributed by atoms with Gasteiger partial charge < -0.3 is 20.1 Å². The molecule has 0 saturated carbocycles. The quantitative estimate of drug-likeness (QED) is 0.0702. The van der Waals surface area contributed by atoms with E-state index < -0.39 is 54.7 Å². The summed E-state index contributed by atoms with van der Waals surface area (Å²) in [4.78, 5) is 90.8. The predicted octanol–water partition coefficient (Wildman–Crippen LogP) is 3.92. The van der Waals surface area contributed by atoms with E-state index in [4.69, 9.17) is 10.3 Å². The van der Waals surface area contributed by atoms with Crippen LogP contribution in [0, 0.1) is 17.5 Å². The number of carboxylic acid groups (broad SMARTS) is 1. The van der Waals surface area contributed by atoms with Gasteiger partial charge in [0.15, 0.2) is 11.6 Å². The molecule has 64 heavy (non-hydrogen) atoms. The molecule has 15 nitrogen and oxygen atoms in total. The third-order valence-electron chi connectivity index (χ3n) is 7.68. The van der Waals surface area contributed by atoms with Crippen LogP contribution in [-0.2, 0) is 24.0 Å². The Labute approximate surface area is 361 Å². The van der Waals surface area contributed by atoms with Gasteiger partial charge in [0.1, 0.15) is 23.1 Å². The Hall–Kier alpha value is -7.11. The number of imide groups is 2. The molecule has 2 aliphatic rings. The number of ketones is 2. The van der Waals surface area contributed by atoms with E-state index in [1.165, 1.54) is 61.1 Å². The van der Waals surface area contributed by atoms with Crippen molar-refractivity contribution in [2.75, 3.05) is 21.1 Å². The van der Waals surface area contributed by atoms with Crippen molar-refractivity contribution in [3.05, 3.63) is 137 Å².